The number of aromatic amines is 2. The zero-order chi connectivity index (χ0) is 13.0. The average Bonchev–Trinajstić information content (AvgIpc) is 2.95. The summed E-state index contributed by atoms with van der Waals surface area (Å²) in [6.07, 6.45) is 3.06. The van der Waals surface area contributed by atoms with E-state index < -0.39 is 0 Å². The van der Waals surface area contributed by atoms with Crippen molar-refractivity contribution in [2.45, 2.75) is 26.7 Å². The van der Waals surface area contributed by atoms with Crippen LogP contribution in [0.1, 0.15) is 34.0 Å². The van der Waals surface area contributed by atoms with Crippen LogP contribution in [0.25, 0.3) is 0 Å². The molecule has 0 aromatic carbocycles. The van der Waals surface area contributed by atoms with Crippen molar-refractivity contribution in [1.29, 1.82) is 0 Å². The molecule has 0 saturated heterocycles. The third-order valence-corrected chi connectivity index (χ3v) is 2.70. The van der Waals surface area contributed by atoms with Crippen LogP contribution >= 0.6 is 0 Å². The Labute approximate surface area is 104 Å². The molecule has 0 bridgehead atoms. The van der Waals surface area contributed by atoms with Gasteiger partial charge in [-0.05, 0) is 20.3 Å². The van der Waals surface area contributed by atoms with Gasteiger partial charge in [0.15, 0.2) is 0 Å². The van der Waals surface area contributed by atoms with Gasteiger partial charge in [-0.25, -0.2) is 4.98 Å². The van der Waals surface area contributed by atoms with Gasteiger partial charge in [0.25, 0.3) is 5.91 Å². The first-order chi connectivity index (χ1) is 8.68. The molecule has 0 atom stereocenters. The summed E-state index contributed by atoms with van der Waals surface area (Å²) >= 11 is 0. The van der Waals surface area contributed by atoms with E-state index >= 15 is 0 Å². The number of aryl methyl sites for hydroxylation is 3. The summed E-state index contributed by atoms with van der Waals surface area (Å²) in [6, 6.07) is 0. The minimum absolute atomic E-state index is 0.0867. The van der Waals surface area contributed by atoms with Crippen molar-refractivity contribution in [3.8, 4) is 0 Å². The molecule has 0 aliphatic rings. The van der Waals surface area contributed by atoms with Gasteiger partial charge in [0, 0.05) is 18.7 Å². The molecule has 2 heterocycles. The Bertz CT molecular complexity index is 496. The van der Waals surface area contributed by atoms with Crippen molar-refractivity contribution < 1.29 is 4.79 Å². The second-order valence-corrected chi connectivity index (χ2v) is 4.10. The van der Waals surface area contributed by atoms with Crippen LogP contribution in [0.3, 0.4) is 0 Å². The fourth-order valence-electron chi connectivity index (χ4n) is 1.78. The van der Waals surface area contributed by atoms with Crippen molar-refractivity contribution in [2.75, 3.05) is 6.54 Å². The van der Waals surface area contributed by atoms with Crippen molar-refractivity contribution in [3.05, 3.63) is 29.1 Å². The minimum atomic E-state index is -0.0867. The third kappa shape index (κ3) is 2.73. The molecule has 0 unspecified atom stereocenters. The zero-order valence-electron chi connectivity index (χ0n) is 10.4. The Morgan fingerprint density at radius 2 is 2.22 bits per heavy atom. The normalized spacial score (nSPS) is 10.6. The van der Waals surface area contributed by atoms with Gasteiger partial charge in [-0.2, -0.15) is 10.2 Å². The number of carbonyl (C=O) groups excluding carboxylic acids is 1. The van der Waals surface area contributed by atoms with Crippen LogP contribution in [-0.2, 0) is 6.42 Å². The Kier molecular flexibility index (Phi) is 3.71. The molecule has 0 aliphatic heterocycles. The second-order valence-electron chi connectivity index (χ2n) is 4.10. The van der Waals surface area contributed by atoms with Crippen LogP contribution in [-0.4, -0.2) is 37.8 Å². The molecule has 0 saturated carbocycles. The summed E-state index contributed by atoms with van der Waals surface area (Å²) < 4.78 is 0. The quantitative estimate of drug-likeness (QED) is 0.671. The van der Waals surface area contributed by atoms with Gasteiger partial charge in [0.1, 0.15) is 12.2 Å². The maximum absolute atomic E-state index is 11.9. The predicted molar refractivity (Wildman–Crippen MR) is 65.1 cm³/mol. The fraction of sp³-hybridized carbons (Fsp3) is 0.455. The summed E-state index contributed by atoms with van der Waals surface area (Å²) in [4.78, 5) is 15.9. The topological polar surface area (TPSA) is 99.3 Å². The van der Waals surface area contributed by atoms with Gasteiger partial charge in [-0.15, -0.1) is 0 Å². The molecule has 0 radical (unpaired) electrons. The highest BCUT2D eigenvalue weighted by atomic mass is 16.1. The van der Waals surface area contributed by atoms with Crippen molar-refractivity contribution in [3.63, 3.8) is 0 Å². The van der Waals surface area contributed by atoms with Crippen LogP contribution in [0.4, 0.5) is 0 Å². The average molecular weight is 248 g/mol. The number of H-pyrrole nitrogens is 2. The lowest BCUT2D eigenvalue weighted by atomic mass is 10.2. The SMILES string of the molecule is Cc1n[nH]c(C)c1C(=O)NCCCc1ncn[nH]1. The molecular weight excluding hydrogens is 232 g/mol. The smallest absolute Gasteiger partial charge is 0.255 e. The van der Waals surface area contributed by atoms with E-state index in [1.807, 2.05) is 13.8 Å². The molecular formula is C11H16N6O. The number of nitrogens with zero attached hydrogens (tertiary/aromatic N) is 3. The molecule has 2 aromatic rings. The largest absolute Gasteiger partial charge is 0.352 e. The van der Waals surface area contributed by atoms with Gasteiger partial charge in [-0.1, -0.05) is 0 Å². The third-order valence-electron chi connectivity index (χ3n) is 2.70. The van der Waals surface area contributed by atoms with E-state index in [4.69, 9.17) is 0 Å². The highest BCUT2D eigenvalue weighted by Gasteiger charge is 2.14. The standard InChI is InChI=1S/C11H16N6O/c1-7-10(8(2)16-15-7)11(18)12-5-3-4-9-13-6-14-17-9/h6H,3-5H2,1-2H3,(H,12,18)(H,15,16)(H,13,14,17). The molecule has 96 valence electrons. The fourth-order valence-corrected chi connectivity index (χ4v) is 1.78. The lowest BCUT2D eigenvalue weighted by molar-refractivity contribution is 0.0952. The van der Waals surface area contributed by atoms with E-state index in [0.29, 0.717) is 12.1 Å². The highest BCUT2D eigenvalue weighted by molar-refractivity contribution is 5.96. The monoisotopic (exact) mass is 248 g/mol. The maximum atomic E-state index is 11.9. The number of nitrogens with one attached hydrogen (secondary N) is 3. The van der Waals surface area contributed by atoms with Crippen molar-refractivity contribution in [2.24, 2.45) is 0 Å². The van der Waals surface area contributed by atoms with E-state index in [0.717, 1.165) is 30.1 Å². The molecule has 7 nitrogen and oxygen atoms in total. The molecule has 2 rings (SSSR count). The lowest BCUT2D eigenvalue weighted by Crippen LogP contribution is -2.25. The van der Waals surface area contributed by atoms with Crippen LogP contribution in [0, 0.1) is 13.8 Å². The van der Waals surface area contributed by atoms with Crippen LogP contribution in [0.2, 0.25) is 0 Å². The second kappa shape index (κ2) is 5.44. The summed E-state index contributed by atoms with van der Waals surface area (Å²) in [5.74, 6) is 0.747. The number of hydrogen-bond acceptors (Lipinski definition) is 4. The maximum Gasteiger partial charge on any atom is 0.255 e. The lowest BCUT2D eigenvalue weighted by Gasteiger charge is -2.04. The van der Waals surface area contributed by atoms with E-state index in [-0.39, 0.29) is 5.91 Å². The highest BCUT2D eigenvalue weighted by Crippen LogP contribution is 2.08. The predicted octanol–water partition coefficient (Wildman–Crippen LogP) is 0.507. The van der Waals surface area contributed by atoms with Gasteiger partial charge in [0.05, 0.1) is 11.3 Å². The molecule has 0 aliphatic carbocycles. The van der Waals surface area contributed by atoms with E-state index in [1.54, 1.807) is 0 Å². The minimum Gasteiger partial charge on any atom is -0.352 e. The Hall–Kier alpha value is -2.18. The molecule has 2 aromatic heterocycles. The van der Waals surface area contributed by atoms with E-state index in [2.05, 4.69) is 30.7 Å². The van der Waals surface area contributed by atoms with Crippen LogP contribution < -0.4 is 5.32 Å². The van der Waals surface area contributed by atoms with Gasteiger partial charge in [0.2, 0.25) is 0 Å². The number of rotatable bonds is 5. The van der Waals surface area contributed by atoms with Gasteiger partial charge >= 0.3 is 0 Å². The summed E-state index contributed by atoms with van der Waals surface area (Å²) in [5.41, 5.74) is 2.15. The van der Waals surface area contributed by atoms with E-state index in [1.165, 1.54) is 6.33 Å². The first-order valence-electron chi connectivity index (χ1n) is 5.82. The van der Waals surface area contributed by atoms with Gasteiger partial charge < -0.3 is 5.32 Å². The Balaban J connectivity index is 1.79. The molecule has 0 fully saturated rings. The Morgan fingerprint density at radius 1 is 1.39 bits per heavy atom. The van der Waals surface area contributed by atoms with Crippen molar-refractivity contribution in [1.82, 2.24) is 30.7 Å². The molecule has 3 N–H and O–H groups in total. The molecule has 0 spiro atoms. The molecule has 7 heteroatoms. The summed E-state index contributed by atoms with van der Waals surface area (Å²) in [6.45, 7) is 4.25. The number of hydrogen-bond donors (Lipinski definition) is 3. The van der Waals surface area contributed by atoms with Crippen LogP contribution in [0.5, 0.6) is 0 Å². The first kappa shape index (κ1) is 12.3. The molecule has 18 heavy (non-hydrogen) atoms. The summed E-state index contributed by atoms with van der Waals surface area (Å²) in [7, 11) is 0. The first-order valence-corrected chi connectivity index (χ1v) is 5.82. The Morgan fingerprint density at radius 3 is 2.83 bits per heavy atom. The summed E-state index contributed by atoms with van der Waals surface area (Å²) in [5, 5.41) is 16.2. The van der Waals surface area contributed by atoms with Crippen molar-refractivity contribution >= 4 is 5.91 Å². The molecule has 1 amide bonds. The number of carbonyl (C=O) groups is 1. The number of amides is 1. The number of aromatic nitrogens is 5. The zero-order valence-corrected chi connectivity index (χ0v) is 10.4. The van der Waals surface area contributed by atoms with E-state index in [9.17, 15) is 4.79 Å². The van der Waals surface area contributed by atoms with Gasteiger partial charge in [-0.3, -0.25) is 15.0 Å². The van der Waals surface area contributed by atoms with Crippen LogP contribution in [0.15, 0.2) is 6.33 Å².